The van der Waals surface area contributed by atoms with E-state index in [0.717, 1.165) is 55.5 Å². The highest BCUT2D eigenvalue weighted by atomic mass is 16.3. The topological polar surface area (TPSA) is 16.4 Å². The lowest BCUT2D eigenvalue weighted by atomic mass is 9.93. The summed E-state index contributed by atoms with van der Waals surface area (Å²) in [6.07, 6.45) is 0. The average molecular weight is 690 g/mol. The van der Waals surface area contributed by atoms with Gasteiger partial charge >= 0.3 is 0 Å². The molecular formula is C52H35NO. The van der Waals surface area contributed by atoms with Crippen LogP contribution in [0, 0.1) is 0 Å². The number of hydrogen-bond acceptors (Lipinski definition) is 2. The molecule has 0 aliphatic carbocycles. The van der Waals surface area contributed by atoms with Crippen LogP contribution in [0.1, 0.15) is 0 Å². The number of furan rings is 1. The van der Waals surface area contributed by atoms with Gasteiger partial charge in [0.1, 0.15) is 11.2 Å². The quantitative estimate of drug-likeness (QED) is 0.166. The summed E-state index contributed by atoms with van der Waals surface area (Å²) in [4.78, 5) is 2.33. The van der Waals surface area contributed by atoms with Gasteiger partial charge in [0, 0.05) is 33.2 Å². The van der Waals surface area contributed by atoms with Gasteiger partial charge in [-0.3, -0.25) is 0 Å². The lowest BCUT2D eigenvalue weighted by Crippen LogP contribution is -2.09. The summed E-state index contributed by atoms with van der Waals surface area (Å²) in [5.74, 6) is 0. The van der Waals surface area contributed by atoms with E-state index in [-0.39, 0.29) is 0 Å². The minimum absolute atomic E-state index is 0.889. The smallest absolute Gasteiger partial charge is 0.143 e. The average Bonchev–Trinajstić information content (AvgIpc) is 3.64. The van der Waals surface area contributed by atoms with Crippen molar-refractivity contribution in [1.29, 1.82) is 0 Å². The zero-order chi connectivity index (χ0) is 35.8. The molecule has 10 aromatic rings. The van der Waals surface area contributed by atoms with Gasteiger partial charge < -0.3 is 9.32 Å². The van der Waals surface area contributed by atoms with E-state index >= 15 is 0 Å². The molecule has 1 aromatic heterocycles. The Labute approximate surface area is 314 Å². The van der Waals surface area contributed by atoms with Gasteiger partial charge in [-0.1, -0.05) is 164 Å². The van der Waals surface area contributed by atoms with Crippen molar-refractivity contribution in [1.82, 2.24) is 0 Å². The maximum atomic E-state index is 6.67. The second-order valence-corrected chi connectivity index (χ2v) is 13.7. The highest BCUT2D eigenvalue weighted by Gasteiger charge is 2.19. The van der Waals surface area contributed by atoms with Crippen LogP contribution in [0.4, 0.5) is 17.1 Å². The van der Waals surface area contributed by atoms with Crippen LogP contribution >= 0.6 is 0 Å². The molecule has 0 saturated heterocycles. The molecule has 0 fully saturated rings. The van der Waals surface area contributed by atoms with Gasteiger partial charge in [0.2, 0.25) is 0 Å². The fourth-order valence-electron chi connectivity index (χ4n) is 7.85. The maximum Gasteiger partial charge on any atom is 0.143 e. The van der Waals surface area contributed by atoms with E-state index in [1.807, 2.05) is 0 Å². The van der Waals surface area contributed by atoms with Gasteiger partial charge in [-0.05, 0) is 98.4 Å². The van der Waals surface area contributed by atoms with Crippen molar-refractivity contribution >= 4 is 49.8 Å². The summed E-state index contributed by atoms with van der Waals surface area (Å²) in [5, 5.41) is 4.57. The number of nitrogens with zero attached hydrogens (tertiary/aromatic N) is 1. The summed E-state index contributed by atoms with van der Waals surface area (Å²) in [6.45, 7) is 0. The van der Waals surface area contributed by atoms with Crippen molar-refractivity contribution in [3.63, 3.8) is 0 Å². The van der Waals surface area contributed by atoms with E-state index < -0.39 is 0 Å². The van der Waals surface area contributed by atoms with Crippen LogP contribution in [0.3, 0.4) is 0 Å². The molecule has 2 nitrogen and oxygen atoms in total. The summed E-state index contributed by atoms with van der Waals surface area (Å²) in [6, 6.07) is 75.7. The Morgan fingerprint density at radius 2 is 0.722 bits per heavy atom. The minimum atomic E-state index is 0.889. The molecular weight excluding hydrogens is 655 g/mol. The Bertz CT molecular complexity index is 2790. The molecule has 2 heteroatoms. The standard InChI is InChI=1S/C52H35NO/c1-4-13-36(14-5-1)38-23-29-42(30-24-38)53(43-31-25-39(26-32-43)37-15-6-2-7-16-37)44-33-27-41(28-34-44)45-21-12-22-50-51(45)49-35-48(40-17-8-3-9-18-40)46-19-10-11-20-47(46)52(49)54-50/h1-35H. The SMILES string of the molecule is c1ccc(-c2ccc(N(c3ccc(-c4ccccc4)cc3)c3ccc(-c4cccc5oc6c7ccccc7c(-c7ccccc7)cc6c45)cc3)cc2)cc1. The first kappa shape index (κ1) is 31.6. The highest BCUT2D eigenvalue weighted by Crippen LogP contribution is 2.44. The molecule has 0 amide bonds. The molecule has 54 heavy (non-hydrogen) atoms. The second-order valence-electron chi connectivity index (χ2n) is 13.7. The number of hydrogen-bond donors (Lipinski definition) is 0. The normalized spacial score (nSPS) is 11.3. The van der Waals surface area contributed by atoms with Crippen LogP contribution in [-0.4, -0.2) is 0 Å². The fourth-order valence-corrected chi connectivity index (χ4v) is 7.85. The molecule has 0 radical (unpaired) electrons. The zero-order valence-electron chi connectivity index (χ0n) is 29.6. The van der Waals surface area contributed by atoms with Crippen LogP contribution in [0.2, 0.25) is 0 Å². The largest absolute Gasteiger partial charge is 0.455 e. The number of anilines is 3. The summed E-state index contributed by atoms with van der Waals surface area (Å²) >= 11 is 0. The molecule has 0 spiro atoms. The van der Waals surface area contributed by atoms with Crippen LogP contribution in [-0.2, 0) is 0 Å². The van der Waals surface area contributed by atoms with Crippen molar-refractivity contribution in [2.24, 2.45) is 0 Å². The van der Waals surface area contributed by atoms with Gasteiger partial charge in [0.25, 0.3) is 0 Å². The predicted molar refractivity (Wildman–Crippen MR) is 228 cm³/mol. The van der Waals surface area contributed by atoms with Crippen molar-refractivity contribution in [2.75, 3.05) is 4.90 Å². The first-order valence-corrected chi connectivity index (χ1v) is 18.4. The number of rotatable bonds is 7. The Balaban J connectivity index is 1.08. The number of fused-ring (bicyclic) bond motifs is 5. The van der Waals surface area contributed by atoms with E-state index in [0.29, 0.717) is 0 Å². The van der Waals surface area contributed by atoms with Crippen molar-refractivity contribution < 1.29 is 4.42 Å². The van der Waals surface area contributed by atoms with Gasteiger partial charge in [-0.15, -0.1) is 0 Å². The van der Waals surface area contributed by atoms with E-state index in [1.54, 1.807) is 0 Å². The third-order valence-electron chi connectivity index (χ3n) is 10.5. The molecule has 0 saturated carbocycles. The summed E-state index contributed by atoms with van der Waals surface area (Å²) < 4.78 is 6.67. The highest BCUT2D eigenvalue weighted by molar-refractivity contribution is 6.22. The molecule has 254 valence electrons. The van der Waals surface area contributed by atoms with Crippen molar-refractivity contribution in [3.05, 3.63) is 212 Å². The predicted octanol–water partition coefficient (Wildman–Crippen LogP) is 14.9. The molecule has 0 N–H and O–H groups in total. The van der Waals surface area contributed by atoms with Crippen molar-refractivity contribution in [2.45, 2.75) is 0 Å². The van der Waals surface area contributed by atoms with E-state index in [2.05, 4.69) is 217 Å². The van der Waals surface area contributed by atoms with Crippen LogP contribution < -0.4 is 4.90 Å². The van der Waals surface area contributed by atoms with Crippen molar-refractivity contribution in [3.8, 4) is 44.5 Å². The van der Waals surface area contributed by atoms with Crippen LogP contribution in [0.5, 0.6) is 0 Å². The molecule has 0 atom stereocenters. The zero-order valence-corrected chi connectivity index (χ0v) is 29.6. The fraction of sp³-hybridized carbons (Fsp3) is 0. The van der Waals surface area contributed by atoms with E-state index in [4.69, 9.17) is 4.42 Å². The summed E-state index contributed by atoms with van der Waals surface area (Å²) in [7, 11) is 0. The molecule has 0 aliphatic heterocycles. The third kappa shape index (κ3) is 5.62. The Morgan fingerprint density at radius 1 is 0.296 bits per heavy atom. The number of benzene rings is 9. The molecule has 9 aromatic carbocycles. The molecule has 10 rings (SSSR count). The Hall–Kier alpha value is -7.16. The lowest BCUT2D eigenvalue weighted by molar-refractivity contribution is 0.673. The van der Waals surface area contributed by atoms with Gasteiger partial charge in [0.15, 0.2) is 0 Å². The first-order chi connectivity index (χ1) is 26.8. The molecule has 0 bridgehead atoms. The Kier molecular flexibility index (Phi) is 7.85. The third-order valence-corrected chi connectivity index (χ3v) is 10.5. The lowest BCUT2D eigenvalue weighted by Gasteiger charge is -2.26. The Morgan fingerprint density at radius 3 is 1.26 bits per heavy atom. The first-order valence-electron chi connectivity index (χ1n) is 18.4. The molecule has 1 heterocycles. The van der Waals surface area contributed by atoms with Gasteiger partial charge in [-0.2, -0.15) is 0 Å². The maximum absolute atomic E-state index is 6.67. The minimum Gasteiger partial charge on any atom is -0.455 e. The second kappa shape index (κ2) is 13.4. The monoisotopic (exact) mass is 689 g/mol. The van der Waals surface area contributed by atoms with Crippen LogP contribution in [0.15, 0.2) is 217 Å². The molecule has 0 aliphatic rings. The van der Waals surface area contributed by atoms with Gasteiger partial charge in [0.05, 0.1) is 0 Å². The van der Waals surface area contributed by atoms with Crippen LogP contribution in [0.25, 0.3) is 77.2 Å². The summed E-state index contributed by atoms with van der Waals surface area (Å²) in [5.41, 5.74) is 14.6. The van der Waals surface area contributed by atoms with Gasteiger partial charge in [-0.25, -0.2) is 0 Å². The van der Waals surface area contributed by atoms with E-state index in [9.17, 15) is 0 Å². The van der Waals surface area contributed by atoms with E-state index in [1.165, 1.54) is 38.8 Å². The molecule has 0 unspecified atom stereocenters.